The van der Waals surface area contributed by atoms with Crippen LogP contribution < -0.4 is 16.0 Å². The molecule has 4 N–H and O–H groups in total. The summed E-state index contributed by atoms with van der Waals surface area (Å²) in [6.45, 7) is 12.6. The Labute approximate surface area is 339 Å². The molecule has 57 heavy (non-hydrogen) atoms. The molecule has 0 saturated carbocycles. The molecule has 0 bridgehead atoms. The molecule has 0 aliphatic carbocycles. The summed E-state index contributed by atoms with van der Waals surface area (Å²) < 4.78 is 41.6. The van der Waals surface area contributed by atoms with Gasteiger partial charge in [-0.3, -0.25) is 25.6 Å². The summed E-state index contributed by atoms with van der Waals surface area (Å²) in [5.41, 5.74) is 0.222. The van der Waals surface area contributed by atoms with E-state index in [1.54, 1.807) is 65.8 Å². The second-order valence-electron chi connectivity index (χ2n) is 17.0. The average Bonchev–Trinajstić information content (AvgIpc) is 3.73. The summed E-state index contributed by atoms with van der Waals surface area (Å²) in [5.74, 6) is 0.496. The zero-order valence-electron chi connectivity index (χ0n) is 34.0. The van der Waals surface area contributed by atoms with E-state index >= 15 is 0 Å². The summed E-state index contributed by atoms with van der Waals surface area (Å²) in [5, 5.41) is 8.42. The largest absolute Gasteiger partial charge is 0.453 e. The fourth-order valence-electron chi connectivity index (χ4n) is 7.69. The van der Waals surface area contributed by atoms with Crippen LogP contribution in [0.25, 0.3) is 11.3 Å². The van der Waals surface area contributed by atoms with Crippen LogP contribution in [0.1, 0.15) is 85.5 Å². The van der Waals surface area contributed by atoms with E-state index in [-0.39, 0.29) is 23.7 Å². The molecule has 19 heteroatoms. The van der Waals surface area contributed by atoms with Crippen LogP contribution in [0.3, 0.4) is 0 Å². The summed E-state index contributed by atoms with van der Waals surface area (Å²) >= 11 is 6.76. The van der Waals surface area contributed by atoms with Gasteiger partial charge >= 0.3 is 18.3 Å². The normalized spacial score (nSPS) is 20.6. The highest BCUT2D eigenvalue weighted by atomic mass is 35.5. The number of sulfonamides is 1. The number of anilines is 1. The standard InChI is InChI=1S/C38H57ClN8O9S/c1-37(2,3)55-35(50)43-33(44-36(51)56-38(4,5)6)45-17-13-25(14-18-45)32(48)47-22-26(23-15-19-46(20-16-23)57(8,52)53)21-28(47)31-41-29(30(39)42-31)24-9-11-27(12-10-24)40-34(49)54-7/h9-12,23,25-26,28,33H,13-22H2,1-8H3,(H,40,49)(H,41,42)(H,43,50)(H,44,51)/t26-,28-/m0/s1. The number of carbonyl (C=O) groups is 4. The van der Waals surface area contributed by atoms with E-state index in [0.29, 0.717) is 92.8 Å². The predicted octanol–water partition coefficient (Wildman–Crippen LogP) is 5.51. The van der Waals surface area contributed by atoms with Gasteiger partial charge in [-0.1, -0.05) is 23.7 Å². The molecule has 3 aliphatic heterocycles. The molecule has 1 aromatic carbocycles. The third-order valence-corrected chi connectivity index (χ3v) is 12.0. The number of methoxy groups -OCH3 is 1. The van der Waals surface area contributed by atoms with Crippen LogP contribution in [0.5, 0.6) is 0 Å². The molecule has 5 rings (SSSR count). The van der Waals surface area contributed by atoms with E-state index < -0.39 is 51.8 Å². The summed E-state index contributed by atoms with van der Waals surface area (Å²) in [7, 11) is -2.01. The number of likely N-dealkylation sites (tertiary alicyclic amines) is 2. The molecule has 2 atom stereocenters. The van der Waals surface area contributed by atoms with Crippen molar-refractivity contribution in [3.8, 4) is 11.3 Å². The maximum absolute atomic E-state index is 14.6. The number of nitrogens with one attached hydrogen (secondary N) is 4. The average molecular weight is 837 g/mol. The second-order valence-corrected chi connectivity index (χ2v) is 19.3. The van der Waals surface area contributed by atoms with E-state index in [4.69, 9.17) is 26.1 Å². The summed E-state index contributed by atoms with van der Waals surface area (Å²) in [6, 6.07) is 6.58. The fraction of sp³-hybridized carbons (Fsp3) is 0.658. The van der Waals surface area contributed by atoms with Crippen molar-refractivity contribution in [1.82, 2.24) is 34.7 Å². The van der Waals surface area contributed by atoms with Crippen molar-refractivity contribution in [2.75, 3.05) is 51.4 Å². The number of H-pyrrole nitrogens is 1. The smallest absolute Gasteiger partial charge is 0.411 e. The molecule has 3 saturated heterocycles. The number of amides is 4. The Morgan fingerprint density at radius 1 is 0.860 bits per heavy atom. The zero-order chi connectivity index (χ0) is 41.9. The predicted molar refractivity (Wildman–Crippen MR) is 214 cm³/mol. The lowest BCUT2D eigenvalue weighted by Crippen LogP contribution is -2.61. The van der Waals surface area contributed by atoms with Gasteiger partial charge < -0.3 is 24.1 Å². The molecule has 3 fully saturated rings. The lowest BCUT2D eigenvalue weighted by Gasteiger charge is -2.39. The minimum atomic E-state index is -3.30. The van der Waals surface area contributed by atoms with E-state index in [1.165, 1.54) is 17.7 Å². The van der Waals surface area contributed by atoms with Gasteiger partial charge in [-0.2, -0.15) is 0 Å². The Bertz CT molecular complexity index is 1830. The van der Waals surface area contributed by atoms with Crippen molar-refractivity contribution in [1.29, 1.82) is 0 Å². The number of rotatable bonds is 9. The van der Waals surface area contributed by atoms with Crippen LogP contribution in [-0.2, 0) is 29.0 Å². The molecule has 4 amide bonds. The SMILES string of the molecule is COC(=O)Nc1ccc(-c2nc([C@@H]3C[C@H](C4CCN(S(C)(=O)=O)CC4)CN3C(=O)C3CCN(C(NC(=O)OC(C)(C)C)NC(=O)OC(C)(C)C)CC3)[nH]c2Cl)cc1. The number of hydrogen-bond acceptors (Lipinski definition) is 11. The van der Waals surface area contributed by atoms with Crippen LogP contribution in [0.2, 0.25) is 5.15 Å². The number of aromatic nitrogens is 2. The second kappa shape index (κ2) is 17.8. The van der Waals surface area contributed by atoms with Gasteiger partial charge in [0.1, 0.15) is 27.9 Å². The van der Waals surface area contributed by atoms with Crippen LogP contribution in [0.4, 0.5) is 20.1 Å². The highest BCUT2D eigenvalue weighted by Gasteiger charge is 2.45. The molecule has 4 heterocycles. The lowest BCUT2D eigenvalue weighted by molar-refractivity contribution is -0.138. The fourth-order valence-corrected chi connectivity index (χ4v) is 8.81. The van der Waals surface area contributed by atoms with Crippen molar-refractivity contribution in [3.05, 3.63) is 35.2 Å². The number of nitrogens with zero attached hydrogens (tertiary/aromatic N) is 4. The molecule has 2 aromatic rings. The zero-order valence-corrected chi connectivity index (χ0v) is 35.6. The monoisotopic (exact) mass is 836 g/mol. The number of alkyl carbamates (subject to hydrolysis) is 2. The number of aromatic amines is 1. The highest BCUT2D eigenvalue weighted by Crippen LogP contribution is 2.43. The number of halogens is 1. The number of ether oxygens (including phenoxy) is 3. The summed E-state index contributed by atoms with van der Waals surface area (Å²) in [4.78, 5) is 63.8. The van der Waals surface area contributed by atoms with Crippen molar-refractivity contribution in [2.24, 2.45) is 17.8 Å². The Hall–Kier alpha value is -4.13. The molecule has 0 unspecified atom stereocenters. The minimum Gasteiger partial charge on any atom is -0.453 e. The van der Waals surface area contributed by atoms with E-state index in [0.717, 1.165) is 0 Å². The number of carbonyl (C=O) groups excluding carboxylic acids is 4. The molecule has 17 nitrogen and oxygen atoms in total. The van der Waals surface area contributed by atoms with Gasteiger partial charge in [0.05, 0.1) is 19.4 Å². The van der Waals surface area contributed by atoms with Gasteiger partial charge in [-0.15, -0.1) is 0 Å². The molecule has 3 aliphatic rings. The van der Waals surface area contributed by atoms with Gasteiger partial charge in [0.2, 0.25) is 15.9 Å². The Morgan fingerprint density at radius 3 is 1.93 bits per heavy atom. The first kappa shape index (κ1) is 44.0. The summed E-state index contributed by atoms with van der Waals surface area (Å²) in [6.07, 6.45) is 1.20. The molecule has 316 valence electrons. The molecule has 0 radical (unpaired) electrons. The maximum Gasteiger partial charge on any atom is 0.411 e. The van der Waals surface area contributed by atoms with Crippen molar-refractivity contribution in [2.45, 2.75) is 97.2 Å². The third-order valence-electron chi connectivity index (χ3n) is 10.4. The van der Waals surface area contributed by atoms with Gasteiger partial charge in [-0.25, -0.2) is 32.1 Å². The van der Waals surface area contributed by atoms with E-state index in [1.807, 2.05) is 9.80 Å². The Kier molecular flexibility index (Phi) is 13.7. The van der Waals surface area contributed by atoms with Crippen molar-refractivity contribution in [3.63, 3.8) is 0 Å². The third kappa shape index (κ3) is 12.0. The maximum atomic E-state index is 14.6. The van der Waals surface area contributed by atoms with Crippen LogP contribution in [-0.4, -0.2) is 120 Å². The first-order chi connectivity index (χ1) is 26.6. The first-order valence-electron chi connectivity index (χ1n) is 19.3. The Balaban J connectivity index is 1.34. The molecule has 1 aromatic heterocycles. The molecular formula is C38H57ClN8O9S. The van der Waals surface area contributed by atoms with E-state index in [9.17, 15) is 27.6 Å². The quantitative estimate of drug-likeness (QED) is 0.183. The highest BCUT2D eigenvalue weighted by molar-refractivity contribution is 7.88. The van der Waals surface area contributed by atoms with Crippen molar-refractivity contribution < 1.29 is 41.8 Å². The Morgan fingerprint density at radius 2 is 1.42 bits per heavy atom. The first-order valence-corrected chi connectivity index (χ1v) is 21.5. The van der Waals surface area contributed by atoms with Crippen LogP contribution in [0.15, 0.2) is 24.3 Å². The van der Waals surface area contributed by atoms with Crippen LogP contribution in [0, 0.1) is 17.8 Å². The lowest BCUT2D eigenvalue weighted by atomic mass is 9.83. The van der Waals surface area contributed by atoms with Crippen LogP contribution >= 0.6 is 11.6 Å². The van der Waals surface area contributed by atoms with Crippen molar-refractivity contribution >= 4 is 51.5 Å². The number of hydrogen-bond donors (Lipinski definition) is 4. The molecule has 0 spiro atoms. The van der Waals surface area contributed by atoms with Gasteiger partial charge in [-0.05, 0) is 97.6 Å². The number of piperidine rings is 2. The van der Waals surface area contributed by atoms with Gasteiger partial charge in [0, 0.05) is 49.9 Å². The number of imidazole rings is 1. The van der Waals surface area contributed by atoms with Gasteiger partial charge in [0.25, 0.3) is 0 Å². The van der Waals surface area contributed by atoms with Gasteiger partial charge in [0.15, 0.2) is 6.29 Å². The topological polar surface area (TPSA) is 205 Å². The minimum absolute atomic E-state index is 0.0280. The number of benzene rings is 1. The van der Waals surface area contributed by atoms with E-state index in [2.05, 4.69) is 25.7 Å². The molecular weight excluding hydrogens is 780 g/mol.